The van der Waals surface area contributed by atoms with E-state index in [1.165, 1.54) is 6.07 Å². The SMILES string of the molecule is CC1(C)C2Cc3c(OS(=O)(=O)C(F)(F)F)cccc3[C@]1(C)CCN2Cc1ccccc1. The van der Waals surface area contributed by atoms with E-state index in [2.05, 4.69) is 42.0 Å². The zero-order valence-electron chi connectivity index (χ0n) is 17.7. The van der Waals surface area contributed by atoms with Crippen LogP contribution in [0.5, 0.6) is 5.75 Å². The minimum Gasteiger partial charge on any atom is -0.376 e. The fourth-order valence-electron chi connectivity index (χ4n) is 5.27. The van der Waals surface area contributed by atoms with E-state index in [4.69, 9.17) is 0 Å². The highest BCUT2D eigenvalue weighted by Gasteiger charge is 2.57. The molecule has 0 aromatic heterocycles. The lowest BCUT2D eigenvalue weighted by molar-refractivity contribution is -0.0506. The van der Waals surface area contributed by atoms with E-state index < -0.39 is 15.6 Å². The molecule has 168 valence electrons. The monoisotopic (exact) mass is 453 g/mol. The molecule has 0 N–H and O–H groups in total. The molecule has 0 radical (unpaired) electrons. The normalized spacial score (nSPS) is 25.7. The molecule has 2 atom stereocenters. The Morgan fingerprint density at radius 1 is 1.06 bits per heavy atom. The minimum atomic E-state index is -5.73. The molecule has 31 heavy (non-hydrogen) atoms. The second-order valence-corrected chi connectivity index (χ2v) is 10.8. The van der Waals surface area contributed by atoms with Crippen molar-refractivity contribution in [1.29, 1.82) is 0 Å². The van der Waals surface area contributed by atoms with Gasteiger partial charge in [0, 0.05) is 23.6 Å². The molecule has 8 heteroatoms. The maximum atomic E-state index is 13.0. The summed E-state index contributed by atoms with van der Waals surface area (Å²) < 4.78 is 66.9. The van der Waals surface area contributed by atoms with E-state index in [0.29, 0.717) is 12.0 Å². The lowest BCUT2D eigenvalue weighted by atomic mass is 9.51. The lowest BCUT2D eigenvalue weighted by Gasteiger charge is -2.61. The summed E-state index contributed by atoms with van der Waals surface area (Å²) in [5, 5.41) is 0. The summed E-state index contributed by atoms with van der Waals surface area (Å²) in [5.41, 5.74) is -3.36. The number of fused-ring (bicyclic) bond motifs is 4. The Balaban J connectivity index is 1.76. The van der Waals surface area contributed by atoms with Gasteiger partial charge >= 0.3 is 15.6 Å². The van der Waals surface area contributed by atoms with Crippen LogP contribution in [0.4, 0.5) is 13.2 Å². The number of rotatable bonds is 4. The van der Waals surface area contributed by atoms with E-state index in [-0.39, 0.29) is 22.6 Å². The van der Waals surface area contributed by atoms with Crippen LogP contribution in [0.15, 0.2) is 48.5 Å². The Morgan fingerprint density at radius 3 is 2.39 bits per heavy atom. The third-order valence-corrected chi connectivity index (χ3v) is 8.40. The number of hydrogen-bond acceptors (Lipinski definition) is 4. The van der Waals surface area contributed by atoms with Crippen molar-refractivity contribution in [3.63, 3.8) is 0 Å². The van der Waals surface area contributed by atoms with Crippen molar-refractivity contribution in [2.45, 2.75) is 57.1 Å². The van der Waals surface area contributed by atoms with Crippen molar-refractivity contribution >= 4 is 10.1 Å². The van der Waals surface area contributed by atoms with Gasteiger partial charge in [0.05, 0.1) is 0 Å². The second-order valence-electron chi connectivity index (χ2n) is 9.25. The highest BCUT2D eigenvalue weighted by Crippen LogP contribution is 2.57. The molecular formula is C23H26F3NO3S. The van der Waals surface area contributed by atoms with Crippen LogP contribution in [0.2, 0.25) is 0 Å². The van der Waals surface area contributed by atoms with E-state index >= 15 is 0 Å². The molecule has 0 saturated carbocycles. The molecule has 2 aromatic carbocycles. The Bertz CT molecular complexity index is 1080. The smallest absolute Gasteiger partial charge is 0.376 e. The molecule has 2 bridgehead atoms. The lowest BCUT2D eigenvalue weighted by Crippen LogP contribution is -2.63. The predicted octanol–water partition coefficient (Wildman–Crippen LogP) is 5.03. The third-order valence-electron chi connectivity index (χ3n) is 7.43. The zero-order chi connectivity index (χ0) is 22.7. The summed E-state index contributed by atoms with van der Waals surface area (Å²) in [4.78, 5) is 2.36. The van der Waals surface area contributed by atoms with Gasteiger partial charge in [-0.2, -0.15) is 21.6 Å². The maximum Gasteiger partial charge on any atom is 0.534 e. The number of likely N-dealkylation sites (tertiary alicyclic amines) is 1. The topological polar surface area (TPSA) is 46.6 Å². The quantitative estimate of drug-likeness (QED) is 0.481. The zero-order valence-corrected chi connectivity index (χ0v) is 18.6. The van der Waals surface area contributed by atoms with Crippen molar-refractivity contribution in [2.75, 3.05) is 6.54 Å². The molecule has 1 fully saturated rings. The fourth-order valence-corrected chi connectivity index (χ4v) is 5.76. The molecule has 0 spiro atoms. The van der Waals surface area contributed by atoms with Gasteiger partial charge in [-0.25, -0.2) is 0 Å². The van der Waals surface area contributed by atoms with E-state index in [0.717, 1.165) is 30.6 Å². The number of piperidine rings is 1. The van der Waals surface area contributed by atoms with Crippen molar-refractivity contribution in [3.8, 4) is 5.75 Å². The van der Waals surface area contributed by atoms with Crippen LogP contribution in [0.1, 0.15) is 43.9 Å². The largest absolute Gasteiger partial charge is 0.534 e. The summed E-state index contributed by atoms with van der Waals surface area (Å²) in [7, 11) is -5.73. The highest BCUT2D eigenvalue weighted by atomic mass is 32.2. The van der Waals surface area contributed by atoms with Crippen molar-refractivity contribution in [1.82, 2.24) is 4.90 Å². The number of alkyl halides is 3. The van der Waals surface area contributed by atoms with Gasteiger partial charge in [-0.3, -0.25) is 4.90 Å². The van der Waals surface area contributed by atoms with Crippen LogP contribution in [-0.4, -0.2) is 31.4 Å². The standard InChI is InChI=1S/C23H26F3NO3S/c1-21(2)20-14-17-18(10-7-11-19(17)30-31(28,29)23(24,25)26)22(21,3)12-13-27(20)15-16-8-5-4-6-9-16/h4-11,20H,12-15H2,1-3H3/t20?,22-/m0/s1. The van der Waals surface area contributed by atoms with Gasteiger partial charge in [0.2, 0.25) is 0 Å². The van der Waals surface area contributed by atoms with E-state index in [1.54, 1.807) is 6.07 Å². The van der Waals surface area contributed by atoms with Gasteiger partial charge in [0.1, 0.15) is 5.75 Å². The van der Waals surface area contributed by atoms with Gasteiger partial charge in [-0.05, 0) is 42.0 Å². The molecule has 1 saturated heterocycles. The Labute approximate surface area is 181 Å². The molecule has 1 aliphatic heterocycles. The molecule has 0 amide bonds. The number of hydrogen-bond donors (Lipinski definition) is 0. The maximum absolute atomic E-state index is 13.0. The van der Waals surface area contributed by atoms with E-state index in [9.17, 15) is 21.6 Å². The molecule has 1 unspecified atom stereocenters. The third kappa shape index (κ3) is 3.53. The summed E-state index contributed by atoms with van der Waals surface area (Å²) in [6.45, 7) is 8.09. The summed E-state index contributed by atoms with van der Waals surface area (Å²) in [5.74, 6) is -0.219. The second kappa shape index (κ2) is 7.24. The van der Waals surface area contributed by atoms with Gasteiger partial charge in [0.15, 0.2) is 0 Å². The van der Waals surface area contributed by atoms with Gasteiger partial charge in [-0.1, -0.05) is 63.2 Å². The summed E-state index contributed by atoms with van der Waals surface area (Å²) in [6.07, 6.45) is 1.24. The Morgan fingerprint density at radius 2 is 1.74 bits per heavy atom. The Hall–Kier alpha value is -2.06. The van der Waals surface area contributed by atoms with Crippen LogP contribution < -0.4 is 4.18 Å². The summed E-state index contributed by atoms with van der Waals surface area (Å²) in [6, 6.07) is 14.9. The first-order valence-electron chi connectivity index (χ1n) is 10.3. The van der Waals surface area contributed by atoms with Crippen molar-refractivity contribution in [2.24, 2.45) is 5.41 Å². The molecular weight excluding hydrogens is 427 g/mol. The van der Waals surface area contributed by atoms with Crippen molar-refractivity contribution in [3.05, 3.63) is 65.2 Å². The van der Waals surface area contributed by atoms with Crippen LogP contribution in [0, 0.1) is 5.41 Å². The van der Waals surface area contributed by atoms with E-state index in [1.807, 2.05) is 24.3 Å². The summed E-state index contributed by atoms with van der Waals surface area (Å²) >= 11 is 0. The first-order valence-corrected chi connectivity index (χ1v) is 11.7. The molecule has 1 aliphatic carbocycles. The fraction of sp³-hybridized carbons (Fsp3) is 0.478. The average Bonchev–Trinajstić information content (AvgIpc) is 2.67. The van der Waals surface area contributed by atoms with Crippen LogP contribution in [0.3, 0.4) is 0 Å². The van der Waals surface area contributed by atoms with Crippen LogP contribution in [-0.2, 0) is 28.5 Å². The molecule has 4 rings (SSSR count). The minimum absolute atomic E-state index is 0.0253. The molecule has 4 nitrogen and oxygen atoms in total. The molecule has 1 heterocycles. The molecule has 2 aromatic rings. The van der Waals surface area contributed by atoms with Crippen LogP contribution in [0.25, 0.3) is 0 Å². The Kier molecular flexibility index (Phi) is 5.17. The van der Waals surface area contributed by atoms with Gasteiger partial charge in [-0.15, -0.1) is 0 Å². The predicted molar refractivity (Wildman–Crippen MR) is 112 cm³/mol. The van der Waals surface area contributed by atoms with Gasteiger partial charge in [0.25, 0.3) is 0 Å². The molecule has 2 aliphatic rings. The first-order chi connectivity index (χ1) is 14.4. The number of halogens is 3. The number of nitrogens with zero attached hydrogens (tertiary/aromatic N) is 1. The van der Waals surface area contributed by atoms with Crippen molar-refractivity contribution < 1.29 is 25.8 Å². The first kappa shape index (κ1) is 22.1. The van der Waals surface area contributed by atoms with Gasteiger partial charge < -0.3 is 4.18 Å². The van der Waals surface area contributed by atoms with Crippen LogP contribution >= 0.6 is 0 Å². The highest BCUT2D eigenvalue weighted by molar-refractivity contribution is 7.88. The average molecular weight is 454 g/mol. The number of benzene rings is 2.